The van der Waals surface area contributed by atoms with Gasteiger partial charge in [0.25, 0.3) is 0 Å². The van der Waals surface area contributed by atoms with Crippen molar-refractivity contribution in [1.29, 1.82) is 0 Å². The Labute approximate surface area is 190 Å². The highest BCUT2D eigenvalue weighted by atomic mass is 32.2. The first-order valence-corrected chi connectivity index (χ1v) is 12.3. The third-order valence-corrected chi connectivity index (χ3v) is 7.21. The van der Waals surface area contributed by atoms with E-state index in [1.807, 2.05) is 54.8 Å². The van der Waals surface area contributed by atoms with Crippen LogP contribution in [0.25, 0.3) is 0 Å². The maximum Gasteiger partial charge on any atom is 0.248 e. The van der Waals surface area contributed by atoms with E-state index in [2.05, 4.69) is 4.90 Å². The second kappa shape index (κ2) is 11.7. The zero-order chi connectivity index (χ0) is 22.2. The molecule has 0 radical (unpaired) electrons. The number of methoxy groups -OCH3 is 1. The number of thioether (sulfide) groups is 1. The molecule has 0 bridgehead atoms. The summed E-state index contributed by atoms with van der Waals surface area (Å²) in [4.78, 5) is 31.5. The summed E-state index contributed by atoms with van der Waals surface area (Å²) in [6.07, 6.45) is 0.913. The SMILES string of the molecule is CCN(CC)C(=O)CO[C@H]1CN(Cc2ccc(OC)cc2)C(=O)CN([C@@H]2CCSC2)C1. The zero-order valence-electron chi connectivity index (χ0n) is 18.9. The van der Waals surface area contributed by atoms with Gasteiger partial charge in [0.15, 0.2) is 0 Å². The molecule has 2 aliphatic rings. The van der Waals surface area contributed by atoms with Crippen LogP contribution in [0.3, 0.4) is 0 Å². The lowest BCUT2D eigenvalue weighted by Crippen LogP contribution is -2.43. The molecule has 8 heteroatoms. The molecule has 2 aliphatic heterocycles. The standard InChI is InChI=1S/C23H35N3O4S/c1-4-24(5-2)23(28)16-30-21-13-25(19-10-11-31-17-19)15-22(27)26(14-21)12-18-6-8-20(29-3)9-7-18/h6-9,19,21H,4-5,10-17H2,1-3H3/t19-,21-/m1/s1. The fraction of sp³-hybridized carbons (Fsp3) is 0.652. The molecule has 1 aromatic rings. The molecule has 1 aromatic carbocycles. The minimum atomic E-state index is -0.185. The number of ether oxygens (including phenoxy) is 2. The van der Waals surface area contributed by atoms with E-state index < -0.39 is 0 Å². The molecule has 0 aliphatic carbocycles. The van der Waals surface area contributed by atoms with Gasteiger partial charge < -0.3 is 19.3 Å². The Balaban J connectivity index is 1.69. The molecular formula is C23H35N3O4S. The maximum atomic E-state index is 13.1. The van der Waals surface area contributed by atoms with Gasteiger partial charge >= 0.3 is 0 Å². The van der Waals surface area contributed by atoms with Crippen molar-refractivity contribution >= 4 is 23.6 Å². The Hall–Kier alpha value is -1.77. The first-order chi connectivity index (χ1) is 15.0. The van der Waals surface area contributed by atoms with Gasteiger partial charge in [-0.25, -0.2) is 0 Å². The molecule has 0 aromatic heterocycles. The van der Waals surface area contributed by atoms with Gasteiger partial charge in [0, 0.05) is 44.5 Å². The van der Waals surface area contributed by atoms with E-state index in [-0.39, 0.29) is 24.5 Å². The molecular weight excluding hydrogens is 414 g/mol. The largest absolute Gasteiger partial charge is 0.497 e. The van der Waals surface area contributed by atoms with Crippen molar-refractivity contribution in [2.45, 2.75) is 39.0 Å². The Morgan fingerprint density at radius 1 is 1.19 bits per heavy atom. The summed E-state index contributed by atoms with van der Waals surface area (Å²) in [6, 6.07) is 8.20. The highest BCUT2D eigenvalue weighted by Crippen LogP contribution is 2.25. The molecule has 2 fully saturated rings. The van der Waals surface area contributed by atoms with Gasteiger partial charge in [-0.15, -0.1) is 0 Å². The molecule has 0 unspecified atom stereocenters. The molecule has 3 rings (SSSR count). The average Bonchev–Trinajstić information content (AvgIpc) is 3.27. The van der Waals surface area contributed by atoms with E-state index in [1.165, 1.54) is 0 Å². The second-order valence-electron chi connectivity index (χ2n) is 8.07. The number of hydrogen-bond donors (Lipinski definition) is 0. The average molecular weight is 450 g/mol. The van der Waals surface area contributed by atoms with Crippen LogP contribution in [0.5, 0.6) is 5.75 Å². The van der Waals surface area contributed by atoms with Crippen molar-refractivity contribution in [2.75, 3.05) is 57.9 Å². The lowest BCUT2D eigenvalue weighted by molar-refractivity contribution is -0.138. The van der Waals surface area contributed by atoms with Crippen LogP contribution in [0.2, 0.25) is 0 Å². The quantitative estimate of drug-likeness (QED) is 0.575. The van der Waals surface area contributed by atoms with Gasteiger partial charge in [-0.05, 0) is 43.7 Å². The Morgan fingerprint density at radius 3 is 2.55 bits per heavy atom. The van der Waals surface area contributed by atoms with E-state index in [0.29, 0.717) is 45.3 Å². The van der Waals surface area contributed by atoms with Gasteiger partial charge in [0.1, 0.15) is 12.4 Å². The second-order valence-corrected chi connectivity index (χ2v) is 9.22. The van der Waals surface area contributed by atoms with Crippen LogP contribution in [0.15, 0.2) is 24.3 Å². The lowest BCUT2D eigenvalue weighted by atomic mass is 10.2. The molecule has 2 saturated heterocycles. The minimum absolute atomic E-state index is 0.00486. The van der Waals surface area contributed by atoms with Crippen molar-refractivity contribution < 1.29 is 19.1 Å². The van der Waals surface area contributed by atoms with Crippen LogP contribution in [0.1, 0.15) is 25.8 Å². The highest BCUT2D eigenvalue weighted by Gasteiger charge is 2.33. The van der Waals surface area contributed by atoms with E-state index >= 15 is 0 Å². The zero-order valence-corrected chi connectivity index (χ0v) is 19.7. The number of amides is 2. The molecule has 2 heterocycles. The molecule has 172 valence electrons. The molecule has 7 nitrogen and oxygen atoms in total. The summed E-state index contributed by atoms with van der Waals surface area (Å²) in [5, 5.41) is 0. The Kier molecular flexibility index (Phi) is 9.04. The van der Waals surface area contributed by atoms with E-state index in [4.69, 9.17) is 9.47 Å². The summed E-state index contributed by atoms with van der Waals surface area (Å²) in [7, 11) is 1.64. The summed E-state index contributed by atoms with van der Waals surface area (Å²) < 4.78 is 11.3. The predicted molar refractivity (Wildman–Crippen MR) is 123 cm³/mol. The van der Waals surface area contributed by atoms with Crippen molar-refractivity contribution in [3.05, 3.63) is 29.8 Å². The van der Waals surface area contributed by atoms with Gasteiger partial charge in [-0.1, -0.05) is 12.1 Å². The third kappa shape index (κ3) is 6.60. The first kappa shape index (κ1) is 23.9. The van der Waals surface area contributed by atoms with Crippen molar-refractivity contribution in [3.8, 4) is 5.75 Å². The number of hydrogen-bond acceptors (Lipinski definition) is 6. The molecule has 2 atom stereocenters. The van der Waals surface area contributed by atoms with Gasteiger partial charge in [-0.2, -0.15) is 11.8 Å². The van der Waals surface area contributed by atoms with Crippen LogP contribution in [0.4, 0.5) is 0 Å². The lowest BCUT2D eigenvalue weighted by Gasteiger charge is -2.28. The van der Waals surface area contributed by atoms with Crippen molar-refractivity contribution in [3.63, 3.8) is 0 Å². The minimum Gasteiger partial charge on any atom is -0.497 e. The van der Waals surface area contributed by atoms with Crippen LogP contribution in [-0.4, -0.2) is 96.6 Å². The summed E-state index contributed by atoms with van der Waals surface area (Å²) in [5.41, 5.74) is 1.05. The number of benzene rings is 1. The molecule has 2 amide bonds. The van der Waals surface area contributed by atoms with E-state index in [9.17, 15) is 9.59 Å². The molecule has 0 saturated carbocycles. The number of likely N-dealkylation sites (N-methyl/N-ethyl adjacent to an activating group) is 1. The van der Waals surface area contributed by atoms with Crippen LogP contribution < -0.4 is 4.74 Å². The van der Waals surface area contributed by atoms with Gasteiger partial charge in [0.2, 0.25) is 11.8 Å². The molecule has 0 N–H and O–H groups in total. The highest BCUT2D eigenvalue weighted by molar-refractivity contribution is 7.99. The number of rotatable bonds is 9. The summed E-state index contributed by atoms with van der Waals surface area (Å²) in [6.45, 7) is 7.47. The normalized spacial score (nSPS) is 22.4. The summed E-state index contributed by atoms with van der Waals surface area (Å²) >= 11 is 1.94. The van der Waals surface area contributed by atoms with E-state index in [0.717, 1.165) is 29.2 Å². The fourth-order valence-corrected chi connectivity index (χ4v) is 5.41. The van der Waals surface area contributed by atoms with Crippen LogP contribution in [-0.2, 0) is 20.9 Å². The smallest absolute Gasteiger partial charge is 0.248 e. The Morgan fingerprint density at radius 2 is 1.94 bits per heavy atom. The fourth-order valence-electron chi connectivity index (χ4n) is 4.16. The molecule has 31 heavy (non-hydrogen) atoms. The van der Waals surface area contributed by atoms with Crippen molar-refractivity contribution in [2.24, 2.45) is 0 Å². The van der Waals surface area contributed by atoms with Gasteiger partial charge in [-0.3, -0.25) is 14.5 Å². The monoisotopic (exact) mass is 449 g/mol. The van der Waals surface area contributed by atoms with Crippen LogP contribution >= 0.6 is 11.8 Å². The summed E-state index contributed by atoms with van der Waals surface area (Å²) in [5.74, 6) is 3.11. The molecule has 0 spiro atoms. The number of nitrogens with zero attached hydrogens (tertiary/aromatic N) is 3. The van der Waals surface area contributed by atoms with Crippen LogP contribution in [0, 0.1) is 0 Å². The Bertz CT molecular complexity index is 720. The third-order valence-electron chi connectivity index (χ3n) is 6.07. The van der Waals surface area contributed by atoms with Gasteiger partial charge in [0.05, 0.1) is 19.8 Å². The maximum absolute atomic E-state index is 13.1. The van der Waals surface area contributed by atoms with E-state index in [1.54, 1.807) is 12.0 Å². The predicted octanol–water partition coefficient (Wildman–Crippen LogP) is 2.10. The number of carbonyl (C=O) groups excluding carboxylic acids is 2. The first-order valence-electron chi connectivity index (χ1n) is 11.2. The topological polar surface area (TPSA) is 62.3 Å². The number of carbonyl (C=O) groups is 2. The van der Waals surface area contributed by atoms with Crippen molar-refractivity contribution in [1.82, 2.24) is 14.7 Å².